The number of aliphatic imine (C=N–C) groups is 1. The lowest BCUT2D eigenvalue weighted by atomic mass is 10.0. The SMILES string of the molecule is NC(=O)C(NC1=COCC2=C3C1=CN=C(c1cncnc1)N3CC2)C1CC1. The number of carbonyl (C=O) groups excluding carboxylic acids is 1. The maximum absolute atomic E-state index is 11.9. The fourth-order valence-electron chi connectivity index (χ4n) is 3.87. The molecule has 138 valence electrons. The van der Waals surface area contributed by atoms with Crippen LogP contribution in [0, 0.1) is 5.92 Å². The van der Waals surface area contributed by atoms with Gasteiger partial charge in [0.1, 0.15) is 31.1 Å². The van der Waals surface area contributed by atoms with E-state index in [2.05, 4.69) is 25.2 Å². The number of ether oxygens (including phenoxy) is 1. The Hall–Kier alpha value is -3.16. The second-order valence-electron chi connectivity index (χ2n) is 7.18. The molecule has 0 aromatic carbocycles. The molecule has 4 aliphatic rings. The number of carbonyl (C=O) groups is 1. The lowest BCUT2D eigenvalue weighted by molar-refractivity contribution is -0.120. The first-order valence-electron chi connectivity index (χ1n) is 9.13. The maximum atomic E-state index is 11.9. The van der Waals surface area contributed by atoms with Crippen LogP contribution in [-0.4, -0.2) is 45.8 Å². The quantitative estimate of drug-likeness (QED) is 0.801. The first-order valence-corrected chi connectivity index (χ1v) is 9.13. The summed E-state index contributed by atoms with van der Waals surface area (Å²) < 4.78 is 5.77. The number of nitrogens with two attached hydrogens (primary N) is 1. The highest BCUT2D eigenvalue weighted by Gasteiger charge is 2.39. The number of nitrogens with zero attached hydrogens (tertiary/aromatic N) is 4. The monoisotopic (exact) mass is 364 g/mol. The Morgan fingerprint density at radius 1 is 1.33 bits per heavy atom. The number of rotatable bonds is 5. The molecule has 1 aromatic rings. The Labute approximate surface area is 156 Å². The van der Waals surface area contributed by atoms with Crippen molar-refractivity contribution in [3.8, 4) is 0 Å². The molecule has 1 unspecified atom stereocenters. The van der Waals surface area contributed by atoms with Crippen molar-refractivity contribution in [2.24, 2.45) is 16.6 Å². The van der Waals surface area contributed by atoms with Crippen LogP contribution in [0.25, 0.3) is 0 Å². The zero-order valence-corrected chi connectivity index (χ0v) is 14.8. The van der Waals surface area contributed by atoms with Crippen LogP contribution in [0.3, 0.4) is 0 Å². The molecule has 1 aliphatic carbocycles. The minimum absolute atomic E-state index is 0.296. The standard InChI is InChI=1S/C19H20N6O2/c20-18(26)16(11-1-2-11)24-15-9-27-8-12-3-4-25-17(12)14(15)7-23-19(25)13-5-21-10-22-6-13/h5-7,9-11,16,24H,1-4,8H2,(H2,20,26). The Balaban J connectivity index is 1.53. The van der Waals surface area contributed by atoms with Crippen LogP contribution in [0.1, 0.15) is 24.8 Å². The topological polar surface area (TPSA) is 106 Å². The molecule has 8 nitrogen and oxygen atoms in total. The highest BCUT2D eigenvalue weighted by atomic mass is 16.5. The van der Waals surface area contributed by atoms with Gasteiger partial charge in [-0.3, -0.25) is 4.79 Å². The zero-order valence-electron chi connectivity index (χ0n) is 14.8. The van der Waals surface area contributed by atoms with Gasteiger partial charge in [-0.1, -0.05) is 0 Å². The molecule has 3 aliphatic heterocycles. The average Bonchev–Trinajstić information content (AvgIpc) is 3.46. The van der Waals surface area contributed by atoms with E-state index in [4.69, 9.17) is 10.5 Å². The van der Waals surface area contributed by atoms with Crippen molar-refractivity contribution in [1.82, 2.24) is 20.2 Å². The van der Waals surface area contributed by atoms with Gasteiger partial charge in [0.2, 0.25) is 5.91 Å². The van der Waals surface area contributed by atoms with Gasteiger partial charge >= 0.3 is 0 Å². The Morgan fingerprint density at radius 3 is 2.89 bits per heavy atom. The molecule has 0 radical (unpaired) electrons. The van der Waals surface area contributed by atoms with Crippen molar-refractivity contribution >= 4 is 11.7 Å². The summed E-state index contributed by atoms with van der Waals surface area (Å²) in [4.78, 5) is 27.0. The number of primary amides is 1. The van der Waals surface area contributed by atoms with Crippen molar-refractivity contribution in [2.45, 2.75) is 25.3 Å². The third-order valence-electron chi connectivity index (χ3n) is 5.35. The number of hydrogen-bond acceptors (Lipinski definition) is 7. The van der Waals surface area contributed by atoms with E-state index >= 15 is 0 Å². The predicted molar refractivity (Wildman–Crippen MR) is 97.9 cm³/mol. The molecule has 3 N–H and O–H groups in total. The summed E-state index contributed by atoms with van der Waals surface area (Å²) in [5, 5.41) is 3.32. The molecule has 27 heavy (non-hydrogen) atoms. The van der Waals surface area contributed by atoms with Gasteiger partial charge in [-0.25, -0.2) is 15.0 Å². The van der Waals surface area contributed by atoms with Gasteiger partial charge < -0.3 is 20.7 Å². The lowest BCUT2D eigenvalue weighted by Gasteiger charge is -2.30. The highest BCUT2D eigenvalue weighted by Crippen LogP contribution is 2.39. The third kappa shape index (κ3) is 2.77. The summed E-state index contributed by atoms with van der Waals surface area (Å²) in [6, 6.07) is -0.384. The summed E-state index contributed by atoms with van der Waals surface area (Å²) in [5.41, 5.74) is 10.5. The van der Waals surface area contributed by atoms with Crippen molar-refractivity contribution < 1.29 is 9.53 Å². The van der Waals surface area contributed by atoms with Crippen molar-refractivity contribution in [3.05, 3.63) is 59.3 Å². The summed E-state index contributed by atoms with van der Waals surface area (Å²) in [6.07, 6.45) is 11.5. The highest BCUT2D eigenvalue weighted by molar-refractivity contribution is 6.01. The molecule has 5 rings (SSSR count). The van der Waals surface area contributed by atoms with Crippen LogP contribution in [0.2, 0.25) is 0 Å². The van der Waals surface area contributed by atoms with E-state index in [0.29, 0.717) is 12.5 Å². The van der Waals surface area contributed by atoms with E-state index in [1.165, 1.54) is 11.9 Å². The number of amidine groups is 1. The summed E-state index contributed by atoms with van der Waals surface area (Å²) in [5.74, 6) is 0.797. The van der Waals surface area contributed by atoms with Gasteiger partial charge in [-0.05, 0) is 30.8 Å². The molecule has 0 saturated heterocycles. The van der Waals surface area contributed by atoms with Crippen LogP contribution in [-0.2, 0) is 9.53 Å². The van der Waals surface area contributed by atoms with Crippen molar-refractivity contribution in [2.75, 3.05) is 13.2 Å². The largest absolute Gasteiger partial charge is 0.495 e. The number of hydrogen-bond donors (Lipinski definition) is 2. The average molecular weight is 364 g/mol. The molecule has 0 bridgehead atoms. The Kier molecular flexibility index (Phi) is 3.70. The molecule has 4 heterocycles. The molecule has 8 heteroatoms. The summed E-state index contributed by atoms with van der Waals surface area (Å²) in [7, 11) is 0. The molecule has 0 spiro atoms. The molecule has 1 saturated carbocycles. The summed E-state index contributed by atoms with van der Waals surface area (Å²) in [6.45, 7) is 1.35. The first kappa shape index (κ1) is 16.0. The van der Waals surface area contributed by atoms with E-state index in [1.54, 1.807) is 18.7 Å². The van der Waals surface area contributed by atoms with Crippen LogP contribution in [0.15, 0.2) is 58.7 Å². The summed E-state index contributed by atoms with van der Waals surface area (Å²) >= 11 is 0. The smallest absolute Gasteiger partial charge is 0.240 e. The Morgan fingerprint density at radius 2 is 2.15 bits per heavy atom. The van der Waals surface area contributed by atoms with E-state index in [-0.39, 0.29) is 11.9 Å². The fourth-order valence-corrected chi connectivity index (χ4v) is 3.87. The Bertz CT molecular complexity index is 913. The van der Waals surface area contributed by atoms with E-state index in [1.807, 2.05) is 6.20 Å². The van der Waals surface area contributed by atoms with E-state index in [9.17, 15) is 4.79 Å². The molecule has 1 fully saturated rings. The van der Waals surface area contributed by atoms with Crippen LogP contribution >= 0.6 is 0 Å². The maximum Gasteiger partial charge on any atom is 0.240 e. The second-order valence-corrected chi connectivity index (χ2v) is 7.18. The van der Waals surface area contributed by atoms with Gasteiger partial charge in [0.05, 0.1) is 17.0 Å². The van der Waals surface area contributed by atoms with E-state index in [0.717, 1.165) is 54.2 Å². The van der Waals surface area contributed by atoms with Crippen molar-refractivity contribution in [3.63, 3.8) is 0 Å². The fraction of sp³-hybridized carbons (Fsp3) is 0.368. The molecular formula is C19H20N6O2. The van der Waals surface area contributed by atoms with Crippen LogP contribution in [0.5, 0.6) is 0 Å². The number of amides is 1. The second kappa shape index (κ2) is 6.22. The normalized spacial score (nSPS) is 22.1. The minimum Gasteiger partial charge on any atom is -0.495 e. The molecule has 1 atom stereocenters. The molecule has 1 aromatic heterocycles. The van der Waals surface area contributed by atoms with Gasteiger partial charge in [0.15, 0.2) is 0 Å². The van der Waals surface area contributed by atoms with Gasteiger partial charge in [-0.15, -0.1) is 0 Å². The molecule has 1 amide bonds. The zero-order chi connectivity index (χ0) is 18.4. The first-order chi connectivity index (χ1) is 13.2. The van der Waals surface area contributed by atoms with Crippen LogP contribution < -0.4 is 11.1 Å². The lowest BCUT2D eigenvalue weighted by Crippen LogP contribution is -2.43. The van der Waals surface area contributed by atoms with Crippen molar-refractivity contribution in [1.29, 1.82) is 0 Å². The van der Waals surface area contributed by atoms with Gasteiger partial charge in [0, 0.05) is 30.7 Å². The predicted octanol–water partition coefficient (Wildman–Crippen LogP) is 0.806. The third-order valence-corrected chi connectivity index (χ3v) is 5.35. The van der Waals surface area contributed by atoms with E-state index < -0.39 is 0 Å². The molecular weight excluding hydrogens is 344 g/mol. The number of aromatic nitrogens is 2. The van der Waals surface area contributed by atoms with Crippen LogP contribution in [0.4, 0.5) is 0 Å². The number of nitrogens with one attached hydrogen (secondary N) is 1. The van der Waals surface area contributed by atoms with Gasteiger partial charge in [-0.2, -0.15) is 0 Å². The van der Waals surface area contributed by atoms with Gasteiger partial charge in [0.25, 0.3) is 0 Å². The minimum atomic E-state index is -0.384.